The molecule has 2 aromatic rings. The van der Waals surface area contributed by atoms with Gasteiger partial charge >= 0.3 is 6.09 Å². The molecule has 0 fully saturated rings. The topological polar surface area (TPSA) is 108 Å². The van der Waals surface area contributed by atoms with E-state index in [1.54, 1.807) is 45.0 Å². The molecule has 3 amide bonds. The first-order valence-electron chi connectivity index (χ1n) is 14.8. The van der Waals surface area contributed by atoms with Gasteiger partial charge in [0, 0.05) is 17.8 Å². The number of nitrogens with one attached hydrogen (secondary N) is 2. The summed E-state index contributed by atoms with van der Waals surface area (Å²) in [6, 6.07) is 12.0. The van der Waals surface area contributed by atoms with Gasteiger partial charge in [-0.3, -0.25) is 9.59 Å². The first-order valence-corrected chi connectivity index (χ1v) is 14.8. The Labute approximate surface area is 245 Å². The highest BCUT2D eigenvalue weighted by Gasteiger charge is 2.37. The van der Waals surface area contributed by atoms with Crippen molar-refractivity contribution in [2.24, 2.45) is 5.92 Å². The molecule has 3 N–H and O–H groups in total. The van der Waals surface area contributed by atoms with Crippen LogP contribution in [0.25, 0.3) is 0 Å². The second-order valence-corrected chi connectivity index (χ2v) is 12.0. The second kappa shape index (κ2) is 16.0. The summed E-state index contributed by atoms with van der Waals surface area (Å²) in [5, 5.41) is 16.6. The van der Waals surface area contributed by atoms with Crippen LogP contribution in [0, 0.1) is 12.8 Å². The molecule has 0 bridgehead atoms. The molecule has 0 saturated heterocycles. The third kappa shape index (κ3) is 11.1. The number of phenols is 1. The summed E-state index contributed by atoms with van der Waals surface area (Å²) in [5.41, 5.74) is 1.08. The van der Waals surface area contributed by atoms with E-state index in [9.17, 15) is 19.5 Å². The molecule has 0 saturated carbocycles. The summed E-state index contributed by atoms with van der Waals surface area (Å²) in [5.74, 6) is -0.840. The number of ether oxygens (including phenoxy) is 1. The number of hydrogen-bond acceptors (Lipinski definition) is 5. The molecule has 2 unspecified atom stereocenters. The largest absolute Gasteiger partial charge is 0.508 e. The van der Waals surface area contributed by atoms with E-state index in [1.807, 2.05) is 39.0 Å². The number of hydrogen-bond donors (Lipinski definition) is 3. The Morgan fingerprint density at radius 1 is 0.951 bits per heavy atom. The molecule has 0 heterocycles. The van der Waals surface area contributed by atoms with Crippen molar-refractivity contribution in [3.05, 3.63) is 59.7 Å². The predicted octanol–water partition coefficient (Wildman–Crippen LogP) is 7.12. The summed E-state index contributed by atoms with van der Waals surface area (Å²) in [6.45, 7) is 13.5. The summed E-state index contributed by atoms with van der Waals surface area (Å²) >= 11 is 0. The van der Waals surface area contributed by atoms with Crippen molar-refractivity contribution in [1.29, 1.82) is 0 Å². The van der Waals surface area contributed by atoms with Crippen molar-refractivity contribution in [3.8, 4) is 5.75 Å². The maximum atomic E-state index is 14.3. The van der Waals surface area contributed by atoms with Crippen LogP contribution in [0.2, 0.25) is 0 Å². The molecular weight excluding hydrogens is 518 g/mol. The van der Waals surface area contributed by atoms with Gasteiger partial charge in [-0.2, -0.15) is 0 Å². The van der Waals surface area contributed by atoms with Crippen molar-refractivity contribution in [1.82, 2.24) is 10.2 Å². The molecule has 8 heteroatoms. The third-order valence-corrected chi connectivity index (χ3v) is 6.68. The van der Waals surface area contributed by atoms with Gasteiger partial charge in [-0.1, -0.05) is 82.9 Å². The lowest BCUT2D eigenvalue weighted by molar-refractivity contribution is -0.141. The average Bonchev–Trinajstić information content (AvgIpc) is 2.88. The number of amides is 3. The van der Waals surface area contributed by atoms with Crippen LogP contribution >= 0.6 is 0 Å². The number of carbonyl (C=O) groups is 3. The van der Waals surface area contributed by atoms with Crippen LogP contribution in [-0.2, 0) is 14.3 Å². The number of aryl methyl sites for hydroxylation is 1. The van der Waals surface area contributed by atoms with Crippen molar-refractivity contribution < 1.29 is 24.2 Å². The van der Waals surface area contributed by atoms with E-state index >= 15 is 0 Å². The zero-order chi connectivity index (χ0) is 30.6. The molecular formula is C33H49N3O5. The van der Waals surface area contributed by atoms with Gasteiger partial charge in [0.15, 0.2) is 0 Å². The fourth-order valence-corrected chi connectivity index (χ4v) is 4.68. The Morgan fingerprint density at radius 3 is 2.20 bits per heavy atom. The monoisotopic (exact) mass is 567 g/mol. The highest BCUT2D eigenvalue weighted by atomic mass is 16.6. The smallest absolute Gasteiger partial charge is 0.408 e. The van der Waals surface area contributed by atoms with Crippen LogP contribution in [-0.4, -0.2) is 46.1 Å². The number of anilines is 1. The second-order valence-electron chi connectivity index (χ2n) is 12.0. The molecule has 0 aromatic heterocycles. The lowest BCUT2D eigenvalue weighted by atomic mass is 9.98. The standard InChI is InChI=1S/C33H49N3O5/c1-8-9-10-11-16-21-36(31(39)27(22-23(2)3)35-32(40)41-33(5,6)7)29(25-18-13-15-20-28(25)37)30(38)34-26-19-14-12-17-24(26)4/h12-15,17-20,23,27,29,37H,8-11,16,21-22H2,1-7H3,(H,34,38)(H,35,40). The third-order valence-electron chi connectivity index (χ3n) is 6.68. The minimum atomic E-state index is -1.12. The number of rotatable bonds is 14. The molecule has 0 radical (unpaired) electrons. The van der Waals surface area contributed by atoms with Crippen molar-refractivity contribution in [3.63, 3.8) is 0 Å². The van der Waals surface area contributed by atoms with Crippen LogP contribution in [0.5, 0.6) is 5.75 Å². The van der Waals surface area contributed by atoms with Crippen molar-refractivity contribution in [2.45, 2.75) is 105 Å². The van der Waals surface area contributed by atoms with Gasteiger partial charge in [0.2, 0.25) is 5.91 Å². The minimum Gasteiger partial charge on any atom is -0.508 e. The van der Waals surface area contributed by atoms with Gasteiger partial charge in [-0.05, 0) is 64.2 Å². The lowest BCUT2D eigenvalue weighted by Gasteiger charge is -2.35. The number of unbranched alkanes of at least 4 members (excludes halogenated alkanes) is 4. The minimum absolute atomic E-state index is 0.0784. The number of nitrogens with zero attached hydrogens (tertiary/aromatic N) is 1. The summed E-state index contributed by atoms with van der Waals surface area (Å²) in [6.07, 6.45) is 4.41. The Kier molecular flexibility index (Phi) is 13.2. The molecule has 0 spiro atoms. The van der Waals surface area contributed by atoms with Gasteiger partial charge in [0.1, 0.15) is 23.4 Å². The summed E-state index contributed by atoms with van der Waals surface area (Å²) in [4.78, 5) is 42.7. The number of carbonyl (C=O) groups excluding carboxylic acids is 3. The average molecular weight is 568 g/mol. The first kappa shape index (κ1) is 33.7. The predicted molar refractivity (Wildman–Crippen MR) is 164 cm³/mol. The van der Waals surface area contributed by atoms with Gasteiger partial charge < -0.3 is 25.4 Å². The highest BCUT2D eigenvalue weighted by Crippen LogP contribution is 2.32. The van der Waals surface area contributed by atoms with Crippen LogP contribution < -0.4 is 10.6 Å². The Balaban J connectivity index is 2.55. The maximum absolute atomic E-state index is 14.3. The van der Waals surface area contributed by atoms with E-state index in [-0.39, 0.29) is 18.2 Å². The maximum Gasteiger partial charge on any atom is 0.408 e. The van der Waals surface area contributed by atoms with Crippen molar-refractivity contribution >= 4 is 23.6 Å². The number of phenolic OH excluding ortho intramolecular Hbond substituents is 1. The Morgan fingerprint density at radius 2 is 1.59 bits per heavy atom. The molecule has 226 valence electrons. The number of benzene rings is 2. The zero-order valence-electron chi connectivity index (χ0n) is 25.8. The first-order chi connectivity index (χ1) is 19.3. The summed E-state index contributed by atoms with van der Waals surface area (Å²) in [7, 11) is 0. The van der Waals surface area contributed by atoms with E-state index in [0.717, 1.165) is 31.2 Å². The van der Waals surface area contributed by atoms with Crippen LogP contribution in [0.3, 0.4) is 0 Å². The normalized spacial score (nSPS) is 12.9. The van der Waals surface area contributed by atoms with E-state index in [1.165, 1.54) is 11.0 Å². The zero-order valence-corrected chi connectivity index (χ0v) is 25.8. The Bertz CT molecular complexity index is 1140. The number of alkyl carbamates (subject to hydrolysis) is 1. The Hall–Kier alpha value is -3.55. The van der Waals surface area contributed by atoms with Crippen molar-refractivity contribution in [2.75, 3.05) is 11.9 Å². The molecule has 0 aliphatic rings. The molecule has 2 atom stereocenters. The lowest BCUT2D eigenvalue weighted by Crippen LogP contribution is -2.53. The van der Waals surface area contributed by atoms with Gasteiger partial charge in [-0.25, -0.2) is 4.79 Å². The fraction of sp³-hybridized carbons (Fsp3) is 0.545. The molecule has 2 rings (SSSR count). The van der Waals surface area contributed by atoms with Gasteiger partial charge in [0.25, 0.3) is 5.91 Å². The molecule has 41 heavy (non-hydrogen) atoms. The van der Waals surface area contributed by atoms with Crippen LogP contribution in [0.4, 0.5) is 10.5 Å². The fourth-order valence-electron chi connectivity index (χ4n) is 4.68. The summed E-state index contributed by atoms with van der Waals surface area (Å²) < 4.78 is 5.47. The van der Waals surface area contributed by atoms with Gasteiger partial charge in [-0.15, -0.1) is 0 Å². The van der Waals surface area contributed by atoms with Crippen LogP contribution in [0.15, 0.2) is 48.5 Å². The molecule has 0 aliphatic carbocycles. The molecule has 0 aliphatic heterocycles. The number of aromatic hydroxyl groups is 1. The molecule has 8 nitrogen and oxygen atoms in total. The van der Waals surface area contributed by atoms with E-state index in [0.29, 0.717) is 24.1 Å². The highest BCUT2D eigenvalue weighted by molar-refractivity contribution is 5.99. The quantitative estimate of drug-likeness (QED) is 0.211. The van der Waals surface area contributed by atoms with E-state index in [4.69, 9.17) is 4.74 Å². The SMILES string of the molecule is CCCCCCCN(C(=O)C(CC(C)C)NC(=O)OC(C)(C)C)C(C(=O)Nc1ccccc1C)c1ccccc1O. The number of para-hydroxylation sites is 2. The van der Waals surface area contributed by atoms with E-state index < -0.39 is 35.6 Å². The molecule has 2 aromatic carbocycles. The van der Waals surface area contributed by atoms with Gasteiger partial charge in [0.05, 0.1) is 0 Å². The van der Waals surface area contributed by atoms with Crippen LogP contribution in [0.1, 0.15) is 97.2 Å². The van der Waals surface area contributed by atoms with E-state index in [2.05, 4.69) is 17.6 Å².